The standard InChI is InChI=1S/C15H24N4O/c20-10-9-18-5-7-19(8-6-18)15-4-1-13(12-17-15)11-16-14-2-3-14/h1,4,12,14,16,20H,2-3,5-11H2. The second-order valence-corrected chi connectivity index (χ2v) is 5.73. The van der Waals surface area contributed by atoms with Crippen molar-refractivity contribution in [1.29, 1.82) is 0 Å². The van der Waals surface area contributed by atoms with Gasteiger partial charge in [0.05, 0.1) is 6.61 Å². The van der Waals surface area contributed by atoms with Crippen molar-refractivity contribution in [3.8, 4) is 0 Å². The van der Waals surface area contributed by atoms with Crippen LogP contribution in [0, 0.1) is 0 Å². The minimum atomic E-state index is 0.251. The minimum absolute atomic E-state index is 0.251. The molecule has 0 unspecified atom stereocenters. The molecule has 2 fully saturated rings. The molecule has 0 radical (unpaired) electrons. The summed E-state index contributed by atoms with van der Waals surface area (Å²) in [5, 5.41) is 12.5. The van der Waals surface area contributed by atoms with Crippen LogP contribution in [0.3, 0.4) is 0 Å². The number of rotatable bonds is 6. The summed E-state index contributed by atoms with van der Waals surface area (Å²) in [5.41, 5.74) is 1.26. The first-order chi connectivity index (χ1) is 9.85. The molecular weight excluding hydrogens is 252 g/mol. The SMILES string of the molecule is OCCN1CCN(c2ccc(CNC3CC3)cn2)CC1. The van der Waals surface area contributed by atoms with E-state index in [0.717, 1.165) is 51.1 Å². The van der Waals surface area contributed by atoms with Gasteiger partial charge in [0.2, 0.25) is 0 Å². The fourth-order valence-electron chi connectivity index (χ4n) is 2.60. The van der Waals surface area contributed by atoms with E-state index >= 15 is 0 Å². The quantitative estimate of drug-likeness (QED) is 0.790. The van der Waals surface area contributed by atoms with E-state index in [4.69, 9.17) is 5.11 Å². The third kappa shape index (κ3) is 3.69. The second kappa shape index (κ2) is 6.52. The van der Waals surface area contributed by atoms with Crippen LogP contribution in [0.1, 0.15) is 18.4 Å². The Bertz CT molecular complexity index is 410. The van der Waals surface area contributed by atoms with Crippen molar-refractivity contribution >= 4 is 5.82 Å². The molecule has 2 N–H and O–H groups in total. The highest BCUT2D eigenvalue weighted by molar-refractivity contribution is 5.39. The summed E-state index contributed by atoms with van der Waals surface area (Å²) in [6, 6.07) is 5.05. The molecule has 5 nitrogen and oxygen atoms in total. The van der Waals surface area contributed by atoms with Crippen molar-refractivity contribution in [2.45, 2.75) is 25.4 Å². The first kappa shape index (κ1) is 13.8. The number of pyridine rings is 1. The maximum Gasteiger partial charge on any atom is 0.128 e. The van der Waals surface area contributed by atoms with Crippen LogP contribution in [0.25, 0.3) is 0 Å². The Kier molecular flexibility index (Phi) is 4.50. The molecule has 1 saturated heterocycles. The summed E-state index contributed by atoms with van der Waals surface area (Å²) in [5.74, 6) is 1.07. The molecule has 2 aliphatic rings. The number of nitrogens with one attached hydrogen (secondary N) is 1. The van der Waals surface area contributed by atoms with Gasteiger partial charge in [-0.25, -0.2) is 4.98 Å². The van der Waals surface area contributed by atoms with Gasteiger partial charge in [-0.3, -0.25) is 4.90 Å². The summed E-state index contributed by atoms with van der Waals surface area (Å²) in [6.07, 6.45) is 4.64. The average molecular weight is 276 g/mol. The molecule has 0 spiro atoms. The lowest BCUT2D eigenvalue weighted by Crippen LogP contribution is -2.47. The lowest BCUT2D eigenvalue weighted by Gasteiger charge is -2.35. The first-order valence-corrected chi connectivity index (χ1v) is 7.61. The highest BCUT2D eigenvalue weighted by atomic mass is 16.3. The molecule has 0 aromatic carbocycles. The zero-order valence-corrected chi connectivity index (χ0v) is 12.0. The zero-order chi connectivity index (χ0) is 13.8. The number of aromatic nitrogens is 1. The lowest BCUT2D eigenvalue weighted by atomic mass is 10.2. The smallest absolute Gasteiger partial charge is 0.128 e. The van der Waals surface area contributed by atoms with Gasteiger partial charge < -0.3 is 15.3 Å². The fourth-order valence-corrected chi connectivity index (χ4v) is 2.60. The van der Waals surface area contributed by atoms with Crippen LogP contribution in [0.15, 0.2) is 18.3 Å². The van der Waals surface area contributed by atoms with E-state index in [2.05, 4.69) is 32.2 Å². The minimum Gasteiger partial charge on any atom is -0.395 e. The fraction of sp³-hybridized carbons (Fsp3) is 0.667. The van der Waals surface area contributed by atoms with Crippen molar-refractivity contribution in [3.63, 3.8) is 0 Å². The number of hydrogen-bond donors (Lipinski definition) is 2. The predicted octanol–water partition coefficient (Wildman–Crippen LogP) is 0.448. The van der Waals surface area contributed by atoms with Crippen LogP contribution in [-0.4, -0.2) is 60.4 Å². The maximum absolute atomic E-state index is 8.95. The zero-order valence-electron chi connectivity index (χ0n) is 12.0. The van der Waals surface area contributed by atoms with Gasteiger partial charge in [-0.15, -0.1) is 0 Å². The Morgan fingerprint density at radius 2 is 2.00 bits per heavy atom. The predicted molar refractivity (Wildman–Crippen MR) is 79.8 cm³/mol. The molecule has 3 rings (SSSR count). The van der Waals surface area contributed by atoms with Gasteiger partial charge >= 0.3 is 0 Å². The van der Waals surface area contributed by atoms with E-state index in [9.17, 15) is 0 Å². The molecule has 1 aliphatic heterocycles. The number of piperazine rings is 1. The summed E-state index contributed by atoms with van der Waals surface area (Å²) in [6.45, 7) is 5.97. The number of nitrogens with zero attached hydrogens (tertiary/aromatic N) is 3. The monoisotopic (exact) mass is 276 g/mol. The normalized spacial score (nSPS) is 20.4. The molecule has 2 heterocycles. The van der Waals surface area contributed by atoms with Crippen LogP contribution in [0.2, 0.25) is 0 Å². The number of aliphatic hydroxyl groups is 1. The maximum atomic E-state index is 8.95. The van der Waals surface area contributed by atoms with E-state index in [1.165, 1.54) is 18.4 Å². The Labute approximate surface area is 120 Å². The van der Waals surface area contributed by atoms with Crippen LogP contribution in [-0.2, 0) is 6.54 Å². The Morgan fingerprint density at radius 1 is 1.20 bits per heavy atom. The van der Waals surface area contributed by atoms with Crippen molar-refractivity contribution in [2.75, 3.05) is 44.2 Å². The highest BCUT2D eigenvalue weighted by Crippen LogP contribution is 2.19. The van der Waals surface area contributed by atoms with Gasteiger partial charge in [-0.2, -0.15) is 0 Å². The van der Waals surface area contributed by atoms with Gasteiger partial charge in [-0.1, -0.05) is 6.07 Å². The lowest BCUT2D eigenvalue weighted by molar-refractivity contribution is 0.188. The summed E-state index contributed by atoms with van der Waals surface area (Å²) in [7, 11) is 0. The average Bonchev–Trinajstić information content (AvgIpc) is 3.31. The molecule has 1 saturated carbocycles. The molecule has 110 valence electrons. The summed E-state index contributed by atoms with van der Waals surface area (Å²) < 4.78 is 0. The van der Waals surface area contributed by atoms with Gasteiger partial charge in [0.1, 0.15) is 5.82 Å². The molecule has 5 heteroatoms. The highest BCUT2D eigenvalue weighted by Gasteiger charge is 2.20. The van der Waals surface area contributed by atoms with Gasteiger partial charge in [0.25, 0.3) is 0 Å². The number of hydrogen-bond acceptors (Lipinski definition) is 5. The topological polar surface area (TPSA) is 51.6 Å². The van der Waals surface area contributed by atoms with E-state index in [1.807, 2.05) is 6.20 Å². The molecule has 1 aromatic heterocycles. The van der Waals surface area contributed by atoms with Crippen molar-refractivity contribution in [3.05, 3.63) is 23.9 Å². The first-order valence-electron chi connectivity index (χ1n) is 7.61. The van der Waals surface area contributed by atoms with E-state index in [-0.39, 0.29) is 6.61 Å². The molecule has 1 aromatic rings. The van der Waals surface area contributed by atoms with E-state index in [1.54, 1.807) is 0 Å². The largest absolute Gasteiger partial charge is 0.395 e. The number of β-amino-alcohol motifs (C(OH)–C–C–N with tert-alkyl or cyclic N) is 1. The second-order valence-electron chi connectivity index (χ2n) is 5.73. The van der Waals surface area contributed by atoms with Crippen LogP contribution in [0.5, 0.6) is 0 Å². The third-order valence-electron chi connectivity index (χ3n) is 4.09. The number of anilines is 1. The number of aliphatic hydroxyl groups excluding tert-OH is 1. The van der Waals surface area contributed by atoms with Gasteiger partial charge in [-0.05, 0) is 24.5 Å². The molecule has 1 aliphatic carbocycles. The van der Waals surface area contributed by atoms with E-state index < -0.39 is 0 Å². The molecular formula is C15H24N4O. The van der Waals surface area contributed by atoms with Crippen LogP contribution >= 0.6 is 0 Å². The van der Waals surface area contributed by atoms with E-state index in [0.29, 0.717) is 0 Å². The van der Waals surface area contributed by atoms with Gasteiger partial charge in [0.15, 0.2) is 0 Å². The Hall–Kier alpha value is -1.17. The van der Waals surface area contributed by atoms with Gasteiger partial charge in [0, 0.05) is 51.5 Å². The summed E-state index contributed by atoms with van der Waals surface area (Å²) >= 11 is 0. The van der Waals surface area contributed by atoms with Crippen molar-refractivity contribution in [1.82, 2.24) is 15.2 Å². The molecule has 20 heavy (non-hydrogen) atoms. The van der Waals surface area contributed by atoms with Crippen molar-refractivity contribution < 1.29 is 5.11 Å². The Morgan fingerprint density at radius 3 is 2.60 bits per heavy atom. The molecule has 0 bridgehead atoms. The third-order valence-corrected chi connectivity index (χ3v) is 4.09. The Balaban J connectivity index is 1.49. The molecule has 0 atom stereocenters. The van der Waals surface area contributed by atoms with Crippen molar-refractivity contribution in [2.24, 2.45) is 0 Å². The van der Waals surface area contributed by atoms with Crippen LogP contribution in [0.4, 0.5) is 5.82 Å². The summed E-state index contributed by atoms with van der Waals surface area (Å²) in [4.78, 5) is 9.21. The molecule has 0 amide bonds. The van der Waals surface area contributed by atoms with Crippen LogP contribution < -0.4 is 10.2 Å².